The first-order valence-corrected chi connectivity index (χ1v) is 17.6. The van der Waals surface area contributed by atoms with E-state index in [4.69, 9.17) is 9.97 Å². The molecule has 9 aromatic rings. The van der Waals surface area contributed by atoms with Gasteiger partial charge in [-0.1, -0.05) is 146 Å². The fourth-order valence-electron chi connectivity index (χ4n) is 7.05. The molecule has 7 aromatic carbocycles. The molecule has 9 rings (SSSR count). The van der Waals surface area contributed by atoms with Crippen molar-refractivity contribution in [3.8, 4) is 78.1 Å². The highest BCUT2D eigenvalue weighted by Crippen LogP contribution is 2.37. The van der Waals surface area contributed by atoms with Gasteiger partial charge in [-0.3, -0.25) is 4.98 Å². The van der Waals surface area contributed by atoms with Crippen molar-refractivity contribution in [2.45, 2.75) is 0 Å². The Morgan fingerprint density at radius 1 is 0.269 bits per heavy atom. The Labute approximate surface area is 304 Å². The second kappa shape index (κ2) is 13.8. The van der Waals surface area contributed by atoms with Crippen LogP contribution in [0.4, 0.5) is 0 Å². The molecular weight excluding hydrogens is 629 g/mol. The first kappa shape index (κ1) is 31.1. The zero-order valence-electron chi connectivity index (χ0n) is 28.5. The summed E-state index contributed by atoms with van der Waals surface area (Å²) in [5, 5.41) is 1.08. The topological polar surface area (TPSA) is 25.8 Å². The maximum atomic E-state index is 5.16. The number of fused-ring (bicyclic) bond motifs is 1. The highest BCUT2D eigenvalue weighted by atomic mass is 14.7. The molecule has 0 saturated heterocycles. The largest absolute Gasteiger partial charge is 0.256 e. The van der Waals surface area contributed by atoms with Gasteiger partial charge in [0.2, 0.25) is 0 Å². The van der Waals surface area contributed by atoms with E-state index in [2.05, 4.69) is 194 Å². The lowest BCUT2D eigenvalue weighted by Gasteiger charge is -2.13. The quantitative estimate of drug-likeness (QED) is 0.170. The molecule has 0 aliphatic carbocycles. The van der Waals surface area contributed by atoms with Crippen LogP contribution in [-0.4, -0.2) is 9.97 Å². The zero-order chi connectivity index (χ0) is 34.7. The minimum atomic E-state index is 0.918. The van der Waals surface area contributed by atoms with Crippen molar-refractivity contribution in [2.24, 2.45) is 0 Å². The molecule has 0 atom stereocenters. The van der Waals surface area contributed by atoms with Gasteiger partial charge in [0, 0.05) is 22.7 Å². The van der Waals surface area contributed by atoms with Gasteiger partial charge in [-0.05, 0) is 110 Å². The van der Waals surface area contributed by atoms with Crippen LogP contribution in [0, 0.1) is 0 Å². The number of hydrogen-bond acceptors (Lipinski definition) is 2. The summed E-state index contributed by atoms with van der Waals surface area (Å²) >= 11 is 0. The Balaban J connectivity index is 1.12. The Morgan fingerprint density at radius 3 is 1.31 bits per heavy atom. The smallest absolute Gasteiger partial charge is 0.0716 e. The normalized spacial score (nSPS) is 11.1. The number of aromatic nitrogens is 2. The lowest BCUT2D eigenvalue weighted by atomic mass is 9.92. The number of nitrogens with zero attached hydrogens (tertiary/aromatic N) is 2. The van der Waals surface area contributed by atoms with Crippen molar-refractivity contribution >= 4 is 10.9 Å². The van der Waals surface area contributed by atoms with Crippen LogP contribution >= 0.6 is 0 Å². The van der Waals surface area contributed by atoms with Crippen molar-refractivity contribution < 1.29 is 0 Å². The van der Waals surface area contributed by atoms with E-state index in [1.807, 2.05) is 12.3 Å². The molecule has 0 radical (unpaired) electrons. The second-order valence-electron chi connectivity index (χ2n) is 13.1. The summed E-state index contributed by atoms with van der Waals surface area (Å²) in [6, 6.07) is 71.0. The third-order valence-electron chi connectivity index (χ3n) is 9.69. The molecule has 0 spiro atoms. The van der Waals surface area contributed by atoms with Crippen LogP contribution in [-0.2, 0) is 0 Å². The minimum absolute atomic E-state index is 0.918. The van der Waals surface area contributed by atoms with Crippen molar-refractivity contribution in [3.05, 3.63) is 206 Å². The van der Waals surface area contributed by atoms with E-state index in [1.165, 1.54) is 38.9 Å². The van der Waals surface area contributed by atoms with Crippen molar-refractivity contribution in [2.75, 3.05) is 0 Å². The number of rotatable bonds is 7. The third-order valence-corrected chi connectivity index (χ3v) is 9.69. The summed E-state index contributed by atoms with van der Waals surface area (Å²) in [5.41, 5.74) is 16.7. The lowest BCUT2D eigenvalue weighted by Crippen LogP contribution is -1.92. The van der Waals surface area contributed by atoms with E-state index in [9.17, 15) is 0 Å². The van der Waals surface area contributed by atoms with Gasteiger partial charge in [-0.2, -0.15) is 0 Å². The predicted octanol–water partition coefficient (Wildman–Crippen LogP) is 13.3. The van der Waals surface area contributed by atoms with Crippen LogP contribution in [0.2, 0.25) is 0 Å². The molecule has 244 valence electrons. The molecule has 0 bridgehead atoms. The average molecular weight is 663 g/mol. The van der Waals surface area contributed by atoms with Gasteiger partial charge in [-0.25, -0.2) is 4.98 Å². The first-order valence-electron chi connectivity index (χ1n) is 17.6. The van der Waals surface area contributed by atoms with Crippen LogP contribution in [0.1, 0.15) is 0 Å². The maximum absolute atomic E-state index is 5.16. The predicted molar refractivity (Wildman–Crippen MR) is 218 cm³/mol. The lowest BCUT2D eigenvalue weighted by molar-refractivity contribution is 1.32. The molecule has 2 heterocycles. The molecular formula is C50H34N2. The number of hydrogen-bond donors (Lipinski definition) is 0. The third kappa shape index (κ3) is 6.30. The van der Waals surface area contributed by atoms with E-state index in [1.54, 1.807) is 0 Å². The summed E-state index contributed by atoms with van der Waals surface area (Å²) in [6.07, 6.45) is 1.90. The van der Waals surface area contributed by atoms with Crippen LogP contribution in [0.15, 0.2) is 206 Å². The zero-order valence-corrected chi connectivity index (χ0v) is 28.5. The van der Waals surface area contributed by atoms with Gasteiger partial charge < -0.3 is 0 Å². The highest BCUT2D eigenvalue weighted by molar-refractivity contribution is 5.96. The number of benzene rings is 7. The Kier molecular flexibility index (Phi) is 8.24. The fourth-order valence-corrected chi connectivity index (χ4v) is 7.05. The molecule has 0 aliphatic rings. The van der Waals surface area contributed by atoms with Gasteiger partial charge in [-0.15, -0.1) is 0 Å². The van der Waals surface area contributed by atoms with Gasteiger partial charge in [0.05, 0.1) is 16.9 Å². The van der Waals surface area contributed by atoms with Crippen LogP contribution in [0.25, 0.3) is 89.1 Å². The Morgan fingerprint density at radius 2 is 0.692 bits per heavy atom. The SMILES string of the molecule is c1ccc(-c2cc(-c3ccccc3)cc(-c3cccc(-c4cccc(-c5cc(-c6cc(-c7ccccc7)ccn6)c6ccccc6n5)c4)c3)c2)cc1. The molecule has 2 heteroatoms. The Hall–Kier alpha value is -6.90. The van der Waals surface area contributed by atoms with Crippen molar-refractivity contribution in [3.63, 3.8) is 0 Å². The summed E-state index contributed by atoms with van der Waals surface area (Å²) < 4.78 is 0. The van der Waals surface area contributed by atoms with Gasteiger partial charge in [0.1, 0.15) is 0 Å². The molecule has 0 aliphatic heterocycles. The highest BCUT2D eigenvalue weighted by Gasteiger charge is 2.13. The molecule has 0 saturated carbocycles. The fraction of sp³-hybridized carbons (Fsp3) is 0. The minimum Gasteiger partial charge on any atom is -0.256 e. The van der Waals surface area contributed by atoms with Crippen molar-refractivity contribution in [1.82, 2.24) is 9.97 Å². The number of pyridine rings is 2. The molecule has 0 N–H and O–H groups in total. The number of para-hydroxylation sites is 1. The molecule has 0 fully saturated rings. The standard InChI is InChI=1S/C50H34N2/c1-4-14-35(15-5-1)41-26-27-51-50(33-41)47-34-49(52-48-25-11-10-24-46(47)48)42-23-13-21-39(29-42)38-20-12-22-40(28-38)45-31-43(36-16-6-2-7-17-36)30-44(32-45)37-18-8-3-9-19-37/h1-34H. The average Bonchev–Trinajstić information content (AvgIpc) is 3.24. The van der Waals surface area contributed by atoms with E-state index >= 15 is 0 Å². The summed E-state index contributed by atoms with van der Waals surface area (Å²) in [5.74, 6) is 0. The Bertz CT molecular complexity index is 2610. The van der Waals surface area contributed by atoms with Gasteiger partial charge >= 0.3 is 0 Å². The summed E-state index contributed by atoms with van der Waals surface area (Å²) in [4.78, 5) is 10.0. The van der Waals surface area contributed by atoms with Crippen LogP contribution in [0.3, 0.4) is 0 Å². The van der Waals surface area contributed by atoms with Gasteiger partial charge in [0.15, 0.2) is 0 Å². The summed E-state index contributed by atoms with van der Waals surface area (Å²) in [6.45, 7) is 0. The molecule has 0 unspecified atom stereocenters. The van der Waals surface area contributed by atoms with Gasteiger partial charge in [0.25, 0.3) is 0 Å². The summed E-state index contributed by atoms with van der Waals surface area (Å²) in [7, 11) is 0. The van der Waals surface area contributed by atoms with E-state index in [0.717, 1.165) is 50.1 Å². The monoisotopic (exact) mass is 662 g/mol. The molecule has 2 aromatic heterocycles. The first-order chi connectivity index (χ1) is 25.7. The van der Waals surface area contributed by atoms with Crippen LogP contribution in [0.5, 0.6) is 0 Å². The second-order valence-corrected chi connectivity index (χ2v) is 13.1. The molecule has 52 heavy (non-hydrogen) atoms. The van der Waals surface area contributed by atoms with E-state index < -0.39 is 0 Å². The maximum Gasteiger partial charge on any atom is 0.0716 e. The molecule has 2 nitrogen and oxygen atoms in total. The van der Waals surface area contributed by atoms with E-state index in [0.29, 0.717) is 0 Å². The molecule has 0 amide bonds. The van der Waals surface area contributed by atoms with Crippen molar-refractivity contribution in [1.29, 1.82) is 0 Å². The van der Waals surface area contributed by atoms with Crippen LogP contribution < -0.4 is 0 Å². The van der Waals surface area contributed by atoms with E-state index in [-0.39, 0.29) is 0 Å².